The van der Waals surface area contributed by atoms with Gasteiger partial charge in [-0.15, -0.1) is 11.3 Å². The Kier molecular flexibility index (Phi) is 8.32. The standard InChI is InChI=1S/C24H29ClN2O4S/c1-4-31-23(30)10-9-21(28)27(16(2)3)15-22(29)26-13-11-20-19(12-14-32-20)24(26)17-5-7-18(25)8-6-17/h5-8,12,14,16,24H,4,9-11,13,15H2,1-3H3. The van der Waals surface area contributed by atoms with Crippen molar-refractivity contribution >= 4 is 40.7 Å². The molecule has 1 aromatic carbocycles. The van der Waals surface area contributed by atoms with Gasteiger partial charge in [-0.2, -0.15) is 0 Å². The second-order valence-electron chi connectivity index (χ2n) is 8.01. The Morgan fingerprint density at radius 2 is 1.91 bits per heavy atom. The molecule has 0 spiro atoms. The number of hydrogen-bond acceptors (Lipinski definition) is 5. The fourth-order valence-corrected chi connectivity index (χ4v) is 5.00. The van der Waals surface area contributed by atoms with Crippen molar-refractivity contribution in [3.63, 3.8) is 0 Å². The van der Waals surface area contributed by atoms with Gasteiger partial charge in [-0.25, -0.2) is 0 Å². The Hall–Kier alpha value is -2.38. The van der Waals surface area contributed by atoms with E-state index in [1.165, 1.54) is 4.88 Å². The van der Waals surface area contributed by atoms with Gasteiger partial charge in [0, 0.05) is 28.9 Å². The summed E-state index contributed by atoms with van der Waals surface area (Å²) in [6.45, 7) is 6.32. The number of ether oxygens (including phenoxy) is 1. The summed E-state index contributed by atoms with van der Waals surface area (Å²) in [4.78, 5) is 42.6. The maximum absolute atomic E-state index is 13.5. The molecule has 0 aliphatic carbocycles. The highest BCUT2D eigenvalue weighted by Gasteiger charge is 2.34. The molecule has 1 unspecified atom stereocenters. The number of nitrogens with zero attached hydrogens (tertiary/aromatic N) is 2. The molecule has 2 aromatic rings. The lowest BCUT2D eigenvalue weighted by Gasteiger charge is -2.38. The number of fused-ring (bicyclic) bond motifs is 1. The Bertz CT molecular complexity index is 957. The SMILES string of the molecule is CCOC(=O)CCC(=O)N(CC(=O)N1CCc2sccc2C1c1ccc(Cl)cc1)C(C)C. The zero-order valence-corrected chi connectivity index (χ0v) is 20.2. The first kappa shape index (κ1) is 24.3. The number of halogens is 1. The summed E-state index contributed by atoms with van der Waals surface area (Å²) in [5.41, 5.74) is 2.12. The third-order valence-electron chi connectivity index (χ3n) is 5.57. The molecule has 0 bridgehead atoms. The van der Waals surface area contributed by atoms with E-state index in [4.69, 9.17) is 16.3 Å². The summed E-state index contributed by atoms with van der Waals surface area (Å²) >= 11 is 7.79. The van der Waals surface area contributed by atoms with Crippen LogP contribution in [-0.4, -0.2) is 53.3 Å². The lowest BCUT2D eigenvalue weighted by atomic mass is 9.93. The van der Waals surface area contributed by atoms with Crippen molar-refractivity contribution in [1.29, 1.82) is 0 Å². The van der Waals surface area contributed by atoms with Gasteiger partial charge in [0.25, 0.3) is 0 Å². The number of benzene rings is 1. The van der Waals surface area contributed by atoms with Gasteiger partial charge in [-0.3, -0.25) is 14.4 Å². The van der Waals surface area contributed by atoms with Crippen molar-refractivity contribution in [3.05, 3.63) is 56.7 Å². The highest BCUT2D eigenvalue weighted by atomic mass is 35.5. The first-order chi connectivity index (χ1) is 15.3. The molecule has 0 fully saturated rings. The van der Waals surface area contributed by atoms with Gasteiger partial charge in [0.05, 0.1) is 19.1 Å². The smallest absolute Gasteiger partial charge is 0.306 e. The summed E-state index contributed by atoms with van der Waals surface area (Å²) in [6.07, 6.45) is 0.834. The molecule has 0 radical (unpaired) electrons. The third-order valence-corrected chi connectivity index (χ3v) is 6.82. The molecule has 6 nitrogen and oxygen atoms in total. The Morgan fingerprint density at radius 3 is 2.56 bits per heavy atom. The average molecular weight is 477 g/mol. The molecule has 1 aliphatic rings. The molecular weight excluding hydrogens is 448 g/mol. The quantitative estimate of drug-likeness (QED) is 0.528. The molecule has 172 valence electrons. The Labute approximate surface area is 198 Å². The van der Waals surface area contributed by atoms with Gasteiger partial charge >= 0.3 is 5.97 Å². The predicted molar refractivity (Wildman–Crippen MR) is 126 cm³/mol. The topological polar surface area (TPSA) is 66.9 Å². The lowest BCUT2D eigenvalue weighted by Crippen LogP contribution is -2.48. The van der Waals surface area contributed by atoms with Crippen molar-refractivity contribution in [3.8, 4) is 0 Å². The van der Waals surface area contributed by atoms with Crippen LogP contribution < -0.4 is 0 Å². The zero-order valence-electron chi connectivity index (χ0n) is 18.7. The highest BCUT2D eigenvalue weighted by molar-refractivity contribution is 7.10. The summed E-state index contributed by atoms with van der Waals surface area (Å²) < 4.78 is 4.91. The molecule has 0 N–H and O–H groups in total. The van der Waals surface area contributed by atoms with Crippen LogP contribution >= 0.6 is 22.9 Å². The normalized spacial score (nSPS) is 15.4. The largest absolute Gasteiger partial charge is 0.466 e. The summed E-state index contributed by atoms with van der Waals surface area (Å²) in [7, 11) is 0. The van der Waals surface area contributed by atoms with E-state index in [0.29, 0.717) is 11.6 Å². The summed E-state index contributed by atoms with van der Waals surface area (Å²) in [5.74, 6) is -0.739. The highest BCUT2D eigenvalue weighted by Crippen LogP contribution is 2.38. The molecule has 32 heavy (non-hydrogen) atoms. The van der Waals surface area contributed by atoms with Crippen LogP contribution in [0.1, 0.15) is 55.7 Å². The zero-order chi connectivity index (χ0) is 23.3. The van der Waals surface area contributed by atoms with Gasteiger partial charge in [-0.1, -0.05) is 23.7 Å². The van der Waals surface area contributed by atoms with Crippen LogP contribution in [0.3, 0.4) is 0 Å². The van der Waals surface area contributed by atoms with Crippen LogP contribution in [0.2, 0.25) is 5.02 Å². The van der Waals surface area contributed by atoms with E-state index in [1.54, 1.807) is 23.2 Å². The van der Waals surface area contributed by atoms with Crippen molar-refractivity contribution in [1.82, 2.24) is 9.80 Å². The molecule has 8 heteroatoms. The lowest BCUT2D eigenvalue weighted by molar-refractivity contribution is -0.147. The van der Waals surface area contributed by atoms with E-state index in [0.717, 1.165) is 17.5 Å². The van der Waals surface area contributed by atoms with E-state index in [2.05, 4.69) is 11.4 Å². The van der Waals surface area contributed by atoms with Gasteiger partial charge in [0.2, 0.25) is 11.8 Å². The molecular formula is C24H29ClN2O4S. The van der Waals surface area contributed by atoms with Crippen LogP contribution in [-0.2, 0) is 25.5 Å². The van der Waals surface area contributed by atoms with Gasteiger partial charge in [-0.05, 0) is 61.9 Å². The first-order valence-corrected chi connectivity index (χ1v) is 12.1. The first-order valence-electron chi connectivity index (χ1n) is 10.9. The monoisotopic (exact) mass is 476 g/mol. The second kappa shape index (κ2) is 11.0. The fraction of sp³-hybridized carbons (Fsp3) is 0.458. The molecule has 0 saturated carbocycles. The van der Waals surface area contributed by atoms with Gasteiger partial charge in [0.1, 0.15) is 6.54 Å². The Morgan fingerprint density at radius 1 is 1.19 bits per heavy atom. The van der Waals surface area contributed by atoms with Crippen LogP contribution in [0.25, 0.3) is 0 Å². The molecule has 2 amide bonds. The minimum atomic E-state index is -0.403. The third kappa shape index (κ3) is 5.70. The summed E-state index contributed by atoms with van der Waals surface area (Å²) in [6, 6.07) is 9.26. The Balaban J connectivity index is 1.78. The second-order valence-corrected chi connectivity index (χ2v) is 9.45. The van der Waals surface area contributed by atoms with Crippen molar-refractivity contribution in [2.45, 2.75) is 52.1 Å². The van der Waals surface area contributed by atoms with E-state index < -0.39 is 5.97 Å². The van der Waals surface area contributed by atoms with Crippen molar-refractivity contribution < 1.29 is 19.1 Å². The fourth-order valence-electron chi connectivity index (χ4n) is 3.97. The van der Waals surface area contributed by atoms with E-state index >= 15 is 0 Å². The maximum Gasteiger partial charge on any atom is 0.306 e. The molecule has 2 heterocycles. The number of thiophene rings is 1. The minimum Gasteiger partial charge on any atom is -0.466 e. The number of rotatable bonds is 8. The van der Waals surface area contributed by atoms with E-state index in [1.807, 2.05) is 43.0 Å². The molecule has 1 aromatic heterocycles. The number of esters is 1. The van der Waals surface area contributed by atoms with Crippen LogP contribution in [0.5, 0.6) is 0 Å². The van der Waals surface area contributed by atoms with Crippen molar-refractivity contribution in [2.75, 3.05) is 19.7 Å². The number of amides is 2. The number of hydrogen-bond donors (Lipinski definition) is 0. The van der Waals surface area contributed by atoms with Gasteiger partial charge in [0.15, 0.2) is 0 Å². The van der Waals surface area contributed by atoms with Crippen LogP contribution in [0.15, 0.2) is 35.7 Å². The van der Waals surface area contributed by atoms with Crippen LogP contribution in [0, 0.1) is 0 Å². The van der Waals surface area contributed by atoms with E-state index in [-0.39, 0.29) is 49.9 Å². The summed E-state index contributed by atoms with van der Waals surface area (Å²) in [5, 5.41) is 2.70. The molecule has 1 aliphatic heterocycles. The molecule has 3 rings (SSSR count). The molecule has 1 atom stereocenters. The van der Waals surface area contributed by atoms with Crippen LogP contribution in [0.4, 0.5) is 0 Å². The maximum atomic E-state index is 13.5. The predicted octanol–water partition coefficient (Wildman–Crippen LogP) is 4.46. The van der Waals surface area contributed by atoms with Gasteiger partial charge < -0.3 is 14.5 Å². The number of carbonyl (C=O) groups is 3. The van der Waals surface area contributed by atoms with E-state index in [9.17, 15) is 14.4 Å². The molecule has 0 saturated heterocycles. The van der Waals surface area contributed by atoms with Crippen molar-refractivity contribution in [2.24, 2.45) is 0 Å². The number of carbonyl (C=O) groups excluding carboxylic acids is 3. The minimum absolute atomic E-state index is 0.0134. The average Bonchev–Trinajstić information content (AvgIpc) is 3.24.